The molecular formula is C29H30N2O3. The molecule has 0 aromatic heterocycles. The molecule has 0 unspecified atom stereocenters. The Kier molecular flexibility index (Phi) is 6.55. The van der Waals surface area contributed by atoms with Gasteiger partial charge in [0, 0.05) is 47.6 Å². The van der Waals surface area contributed by atoms with Crippen LogP contribution in [0.15, 0.2) is 78.9 Å². The molecule has 5 nitrogen and oxygen atoms in total. The van der Waals surface area contributed by atoms with E-state index in [9.17, 15) is 9.59 Å². The smallest absolute Gasteiger partial charge is 0.253 e. The van der Waals surface area contributed by atoms with Crippen LogP contribution in [0.5, 0.6) is 5.75 Å². The minimum Gasteiger partial charge on any atom is -0.497 e. The Balaban J connectivity index is 1.59. The van der Waals surface area contributed by atoms with Crippen LogP contribution in [-0.2, 0) is 13.0 Å². The van der Waals surface area contributed by atoms with Gasteiger partial charge in [0.2, 0.25) is 0 Å². The number of nitrogens with one attached hydrogen (secondary N) is 1. The molecule has 5 heteroatoms. The van der Waals surface area contributed by atoms with E-state index in [1.54, 1.807) is 49.4 Å². The fourth-order valence-electron chi connectivity index (χ4n) is 4.32. The number of allylic oxidation sites excluding steroid dienone is 1. The van der Waals surface area contributed by atoms with Crippen molar-refractivity contribution in [3.8, 4) is 5.75 Å². The summed E-state index contributed by atoms with van der Waals surface area (Å²) < 4.78 is 5.40. The number of fused-ring (bicyclic) bond motifs is 1. The molecule has 0 saturated heterocycles. The number of hydrogen-bond donors (Lipinski definition) is 1. The topological polar surface area (TPSA) is 58.6 Å². The van der Waals surface area contributed by atoms with Crippen molar-refractivity contribution in [2.75, 3.05) is 14.2 Å². The number of methoxy groups -OCH3 is 1. The van der Waals surface area contributed by atoms with E-state index >= 15 is 0 Å². The molecule has 0 radical (unpaired) electrons. The molecule has 34 heavy (non-hydrogen) atoms. The predicted molar refractivity (Wildman–Crippen MR) is 135 cm³/mol. The molecule has 1 heterocycles. The van der Waals surface area contributed by atoms with Gasteiger partial charge in [-0.3, -0.25) is 9.59 Å². The lowest BCUT2D eigenvalue weighted by Gasteiger charge is -2.35. The van der Waals surface area contributed by atoms with Crippen LogP contribution in [0.4, 0.5) is 0 Å². The Hall–Kier alpha value is -3.86. The summed E-state index contributed by atoms with van der Waals surface area (Å²) in [4.78, 5) is 27.9. The monoisotopic (exact) mass is 454 g/mol. The van der Waals surface area contributed by atoms with E-state index in [2.05, 4.69) is 25.2 Å². The van der Waals surface area contributed by atoms with Gasteiger partial charge in [-0.25, -0.2) is 0 Å². The van der Waals surface area contributed by atoms with Crippen molar-refractivity contribution in [1.29, 1.82) is 0 Å². The highest BCUT2D eigenvalue weighted by Gasteiger charge is 2.28. The van der Waals surface area contributed by atoms with Crippen molar-refractivity contribution in [3.05, 3.63) is 107 Å². The minimum atomic E-state index is -0.189. The molecule has 3 aromatic carbocycles. The number of rotatable bonds is 6. The summed E-state index contributed by atoms with van der Waals surface area (Å²) >= 11 is 0. The van der Waals surface area contributed by atoms with Crippen LogP contribution in [0.2, 0.25) is 0 Å². The number of carbonyl (C=O) groups is 2. The maximum atomic E-state index is 13.3. The van der Waals surface area contributed by atoms with Crippen LogP contribution < -0.4 is 10.1 Å². The SMILES string of the molecule is COc1ccc2c(c1)/C(=C/C(=O)c1cccc(C(=O)N(C)Cc3ccccc3)c1)NC(C)(C)C2. The summed E-state index contributed by atoms with van der Waals surface area (Å²) in [5, 5.41) is 3.49. The van der Waals surface area contributed by atoms with Gasteiger partial charge in [-0.15, -0.1) is 0 Å². The van der Waals surface area contributed by atoms with Gasteiger partial charge in [-0.05, 0) is 55.7 Å². The molecule has 0 bridgehead atoms. The Morgan fingerprint density at radius 1 is 1.00 bits per heavy atom. The number of ketones is 1. The zero-order valence-electron chi connectivity index (χ0n) is 20.1. The van der Waals surface area contributed by atoms with Crippen LogP contribution in [0, 0.1) is 0 Å². The summed E-state index contributed by atoms with van der Waals surface area (Å²) in [5.74, 6) is 0.458. The maximum absolute atomic E-state index is 13.3. The van der Waals surface area contributed by atoms with Gasteiger partial charge in [0.25, 0.3) is 5.91 Å². The number of carbonyl (C=O) groups excluding carboxylic acids is 2. The van der Waals surface area contributed by atoms with E-state index < -0.39 is 0 Å². The lowest BCUT2D eigenvalue weighted by molar-refractivity contribution is 0.0785. The Labute approximate surface area is 201 Å². The van der Waals surface area contributed by atoms with Gasteiger partial charge in [0.15, 0.2) is 5.78 Å². The lowest BCUT2D eigenvalue weighted by Crippen LogP contribution is -2.43. The molecule has 174 valence electrons. The normalized spacial score (nSPS) is 15.2. The summed E-state index contributed by atoms with van der Waals surface area (Å²) in [6.45, 7) is 4.72. The number of hydrogen-bond acceptors (Lipinski definition) is 4. The van der Waals surface area contributed by atoms with E-state index in [4.69, 9.17) is 4.74 Å². The van der Waals surface area contributed by atoms with E-state index in [0.29, 0.717) is 17.7 Å². The third kappa shape index (κ3) is 5.20. The Bertz CT molecular complexity index is 1250. The fraction of sp³-hybridized carbons (Fsp3) is 0.241. The quantitative estimate of drug-likeness (QED) is 0.415. The van der Waals surface area contributed by atoms with Crippen LogP contribution in [0.25, 0.3) is 5.70 Å². The zero-order chi connectivity index (χ0) is 24.3. The predicted octanol–water partition coefficient (Wildman–Crippen LogP) is 5.12. The van der Waals surface area contributed by atoms with Crippen molar-refractivity contribution in [2.45, 2.75) is 32.4 Å². The average Bonchev–Trinajstić information content (AvgIpc) is 2.83. The number of ether oxygens (including phenoxy) is 1. The molecule has 0 aliphatic carbocycles. The first kappa shape index (κ1) is 23.3. The molecule has 4 rings (SSSR count). The van der Waals surface area contributed by atoms with Crippen molar-refractivity contribution < 1.29 is 14.3 Å². The third-order valence-corrected chi connectivity index (χ3v) is 5.99. The van der Waals surface area contributed by atoms with Gasteiger partial charge < -0.3 is 15.0 Å². The minimum absolute atomic E-state index is 0.127. The molecule has 1 aliphatic rings. The first-order chi connectivity index (χ1) is 16.3. The van der Waals surface area contributed by atoms with Crippen LogP contribution in [0.1, 0.15) is 51.3 Å². The highest BCUT2D eigenvalue weighted by Crippen LogP contribution is 2.32. The molecule has 1 N–H and O–H groups in total. The average molecular weight is 455 g/mol. The van der Waals surface area contributed by atoms with Crippen LogP contribution in [-0.4, -0.2) is 36.3 Å². The van der Waals surface area contributed by atoms with E-state index in [1.807, 2.05) is 42.5 Å². The standard InChI is InChI=1S/C29H30N2O3/c1-29(2)18-23-13-14-24(34-4)16-25(23)26(30-29)17-27(32)21-11-8-12-22(15-21)28(33)31(3)19-20-9-6-5-7-10-20/h5-17,30H,18-19H2,1-4H3/b26-17-. The summed E-state index contributed by atoms with van der Waals surface area (Å²) in [6, 6.07) is 22.7. The second kappa shape index (κ2) is 9.56. The van der Waals surface area contributed by atoms with Crippen molar-refractivity contribution in [2.24, 2.45) is 0 Å². The summed E-state index contributed by atoms with van der Waals surface area (Å²) in [7, 11) is 3.40. The van der Waals surface area contributed by atoms with E-state index in [-0.39, 0.29) is 17.2 Å². The Morgan fingerprint density at radius 2 is 1.74 bits per heavy atom. The maximum Gasteiger partial charge on any atom is 0.253 e. The summed E-state index contributed by atoms with van der Waals surface area (Å²) in [5.41, 5.74) is 4.70. The van der Waals surface area contributed by atoms with Gasteiger partial charge in [-0.1, -0.05) is 48.5 Å². The van der Waals surface area contributed by atoms with Crippen molar-refractivity contribution in [1.82, 2.24) is 10.2 Å². The Morgan fingerprint density at radius 3 is 2.47 bits per heavy atom. The largest absolute Gasteiger partial charge is 0.497 e. The first-order valence-electron chi connectivity index (χ1n) is 11.4. The van der Waals surface area contributed by atoms with E-state index in [1.165, 1.54) is 0 Å². The summed E-state index contributed by atoms with van der Waals surface area (Å²) in [6.07, 6.45) is 2.46. The van der Waals surface area contributed by atoms with Gasteiger partial charge >= 0.3 is 0 Å². The van der Waals surface area contributed by atoms with Gasteiger partial charge in [-0.2, -0.15) is 0 Å². The van der Waals surface area contributed by atoms with Crippen molar-refractivity contribution >= 4 is 17.4 Å². The number of amides is 1. The highest BCUT2D eigenvalue weighted by atomic mass is 16.5. The molecule has 0 spiro atoms. The molecule has 0 fully saturated rings. The van der Waals surface area contributed by atoms with Gasteiger partial charge in [0.05, 0.1) is 7.11 Å². The third-order valence-electron chi connectivity index (χ3n) is 5.99. The van der Waals surface area contributed by atoms with Crippen molar-refractivity contribution in [3.63, 3.8) is 0 Å². The van der Waals surface area contributed by atoms with Crippen LogP contribution in [0.3, 0.4) is 0 Å². The number of nitrogens with zero attached hydrogens (tertiary/aromatic N) is 1. The fourth-order valence-corrected chi connectivity index (χ4v) is 4.32. The highest BCUT2D eigenvalue weighted by molar-refractivity contribution is 6.10. The second-order valence-corrected chi connectivity index (χ2v) is 9.36. The molecular weight excluding hydrogens is 424 g/mol. The second-order valence-electron chi connectivity index (χ2n) is 9.36. The zero-order valence-corrected chi connectivity index (χ0v) is 20.1. The van der Waals surface area contributed by atoms with Crippen LogP contribution >= 0.6 is 0 Å². The molecule has 0 atom stereocenters. The molecule has 1 aliphatic heterocycles. The van der Waals surface area contributed by atoms with E-state index in [0.717, 1.165) is 34.6 Å². The van der Waals surface area contributed by atoms with Gasteiger partial charge in [0.1, 0.15) is 5.75 Å². The molecule has 3 aromatic rings. The first-order valence-corrected chi connectivity index (χ1v) is 11.4. The molecule has 0 saturated carbocycles. The molecule has 1 amide bonds. The number of benzene rings is 3. The lowest BCUT2D eigenvalue weighted by atomic mass is 9.85.